The van der Waals surface area contributed by atoms with Gasteiger partial charge in [0.15, 0.2) is 11.0 Å². The largest absolute Gasteiger partial charge is 0.377 e. The fraction of sp³-hybridized carbons (Fsp3) is 0.353. The molecule has 0 saturated heterocycles. The number of amides is 1. The number of hydrogen-bond donors (Lipinski definition) is 2. The van der Waals surface area contributed by atoms with Crippen molar-refractivity contribution in [2.75, 3.05) is 16.4 Å². The van der Waals surface area contributed by atoms with Crippen molar-refractivity contribution in [1.82, 2.24) is 25.0 Å². The molecule has 3 rings (SSSR count). The van der Waals surface area contributed by atoms with Crippen LogP contribution in [0.15, 0.2) is 29.4 Å². The van der Waals surface area contributed by atoms with E-state index < -0.39 is 0 Å². The smallest absolute Gasteiger partial charge is 0.236 e. The van der Waals surface area contributed by atoms with E-state index >= 15 is 0 Å². The summed E-state index contributed by atoms with van der Waals surface area (Å²) in [6, 6.07) is 7.54. The van der Waals surface area contributed by atoms with E-state index in [1.807, 2.05) is 42.7 Å². The fourth-order valence-electron chi connectivity index (χ4n) is 2.39. The number of para-hydroxylation sites is 1. The predicted octanol–water partition coefficient (Wildman–Crippen LogP) is 3.71. The van der Waals surface area contributed by atoms with Gasteiger partial charge in [-0.15, -0.1) is 20.4 Å². The van der Waals surface area contributed by atoms with E-state index in [9.17, 15) is 4.79 Å². The summed E-state index contributed by atoms with van der Waals surface area (Å²) in [4.78, 5) is 12.2. The standard InChI is InChI=1S/C17H20ClN7OS2/c1-3-15-22-23-16(28-15)20-14(26)10-27-17-24-21-13(25(17)4-2)9-19-12-8-6-5-7-11(12)18/h5-8,19H,3-4,9-10H2,1-2H3,(H,20,23,26). The zero-order valence-electron chi connectivity index (χ0n) is 15.5. The van der Waals surface area contributed by atoms with Crippen LogP contribution in [-0.2, 0) is 24.3 Å². The van der Waals surface area contributed by atoms with Gasteiger partial charge in [0.05, 0.1) is 23.0 Å². The van der Waals surface area contributed by atoms with Gasteiger partial charge in [-0.05, 0) is 25.5 Å². The molecule has 8 nitrogen and oxygen atoms in total. The zero-order chi connectivity index (χ0) is 19.9. The Hall–Kier alpha value is -2.17. The van der Waals surface area contributed by atoms with Gasteiger partial charge >= 0.3 is 0 Å². The second-order valence-corrected chi connectivity index (χ2v) is 8.08. The number of halogens is 1. The molecule has 0 radical (unpaired) electrons. The van der Waals surface area contributed by atoms with E-state index in [1.165, 1.54) is 23.1 Å². The maximum atomic E-state index is 12.2. The van der Waals surface area contributed by atoms with Gasteiger partial charge < -0.3 is 9.88 Å². The van der Waals surface area contributed by atoms with Crippen LogP contribution in [0.3, 0.4) is 0 Å². The summed E-state index contributed by atoms with van der Waals surface area (Å²) >= 11 is 8.89. The van der Waals surface area contributed by atoms with Gasteiger partial charge in [0.1, 0.15) is 5.01 Å². The molecule has 2 aromatic heterocycles. The van der Waals surface area contributed by atoms with Crippen LogP contribution in [0.4, 0.5) is 10.8 Å². The van der Waals surface area contributed by atoms with Crippen LogP contribution in [0.1, 0.15) is 24.7 Å². The zero-order valence-corrected chi connectivity index (χ0v) is 17.9. The molecule has 1 aromatic carbocycles. The number of rotatable bonds is 9. The van der Waals surface area contributed by atoms with Gasteiger partial charge in [-0.2, -0.15) is 0 Å². The molecule has 2 N–H and O–H groups in total. The van der Waals surface area contributed by atoms with Crippen molar-refractivity contribution < 1.29 is 4.79 Å². The number of thioether (sulfide) groups is 1. The first kappa shape index (κ1) is 20.6. The number of aromatic nitrogens is 5. The molecule has 0 fully saturated rings. The normalized spacial score (nSPS) is 10.8. The Balaban J connectivity index is 1.57. The Morgan fingerprint density at radius 2 is 2.04 bits per heavy atom. The van der Waals surface area contributed by atoms with Crippen molar-refractivity contribution in [1.29, 1.82) is 0 Å². The van der Waals surface area contributed by atoms with Gasteiger partial charge in [0.2, 0.25) is 11.0 Å². The van der Waals surface area contributed by atoms with E-state index in [4.69, 9.17) is 11.6 Å². The summed E-state index contributed by atoms with van der Waals surface area (Å²) in [7, 11) is 0. The lowest BCUT2D eigenvalue weighted by molar-refractivity contribution is -0.113. The van der Waals surface area contributed by atoms with E-state index in [2.05, 4.69) is 31.0 Å². The van der Waals surface area contributed by atoms with Crippen molar-refractivity contribution in [3.05, 3.63) is 40.1 Å². The van der Waals surface area contributed by atoms with Crippen LogP contribution >= 0.6 is 34.7 Å². The Morgan fingerprint density at radius 3 is 2.75 bits per heavy atom. The molecule has 0 aliphatic carbocycles. The first-order valence-corrected chi connectivity index (χ1v) is 10.9. The summed E-state index contributed by atoms with van der Waals surface area (Å²) in [5.41, 5.74) is 0.840. The third-order valence-corrected chi connectivity index (χ3v) is 6.05. The molecule has 2 heterocycles. The van der Waals surface area contributed by atoms with Crippen molar-refractivity contribution in [2.45, 2.75) is 38.5 Å². The molecule has 28 heavy (non-hydrogen) atoms. The lowest BCUT2D eigenvalue weighted by atomic mass is 10.3. The van der Waals surface area contributed by atoms with Crippen LogP contribution in [-0.4, -0.2) is 36.6 Å². The van der Waals surface area contributed by atoms with E-state index in [-0.39, 0.29) is 11.7 Å². The maximum Gasteiger partial charge on any atom is 0.236 e. The van der Waals surface area contributed by atoms with E-state index in [0.29, 0.717) is 28.4 Å². The highest BCUT2D eigenvalue weighted by molar-refractivity contribution is 7.99. The number of aryl methyl sites for hydroxylation is 1. The Morgan fingerprint density at radius 1 is 1.21 bits per heavy atom. The summed E-state index contributed by atoms with van der Waals surface area (Å²) in [6.45, 7) is 5.20. The second kappa shape index (κ2) is 9.85. The summed E-state index contributed by atoms with van der Waals surface area (Å²) in [6.07, 6.45) is 0.799. The number of benzene rings is 1. The molecule has 0 aliphatic heterocycles. The molecule has 0 bridgehead atoms. The SMILES string of the molecule is CCc1nnc(NC(=O)CSc2nnc(CNc3ccccc3Cl)n2CC)s1. The van der Waals surface area contributed by atoms with Crippen LogP contribution in [0.25, 0.3) is 0 Å². The summed E-state index contributed by atoms with van der Waals surface area (Å²) < 4.78 is 1.97. The molecular formula is C17H20ClN7OS2. The molecule has 0 aliphatic rings. The van der Waals surface area contributed by atoms with Gasteiger partial charge in [-0.25, -0.2) is 0 Å². The minimum Gasteiger partial charge on any atom is -0.377 e. The van der Waals surface area contributed by atoms with E-state index in [0.717, 1.165) is 22.9 Å². The predicted molar refractivity (Wildman–Crippen MR) is 113 cm³/mol. The first-order valence-electron chi connectivity index (χ1n) is 8.76. The topological polar surface area (TPSA) is 97.6 Å². The molecule has 0 unspecified atom stereocenters. The van der Waals surface area contributed by atoms with Gasteiger partial charge in [0, 0.05) is 6.54 Å². The molecule has 1 amide bonds. The third-order valence-electron chi connectivity index (χ3n) is 3.77. The Labute approximate surface area is 176 Å². The number of hydrogen-bond acceptors (Lipinski definition) is 8. The number of carbonyl (C=O) groups excluding carboxylic acids is 1. The van der Waals surface area contributed by atoms with Crippen LogP contribution in [0, 0.1) is 0 Å². The molecular weight excluding hydrogens is 418 g/mol. The highest BCUT2D eigenvalue weighted by atomic mass is 35.5. The number of nitrogens with one attached hydrogen (secondary N) is 2. The highest BCUT2D eigenvalue weighted by Gasteiger charge is 2.14. The van der Waals surface area contributed by atoms with Crippen molar-refractivity contribution in [3.63, 3.8) is 0 Å². The average molecular weight is 438 g/mol. The Kier molecular flexibility index (Phi) is 7.24. The van der Waals surface area contributed by atoms with Gasteiger partial charge in [0.25, 0.3) is 0 Å². The van der Waals surface area contributed by atoms with Gasteiger partial charge in [-0.3, -0.25) is 10.1 Å². The quantitative estimate of drug-likeness (QED) is 0.492. The third kappa shape index (κ3) is 5.21. The fourth-order valence-corrected chi connectivity index (χ4v) is 4.10. The average Bonchev–Trinajstić information content (AvgIpc) is 3.31. The maximum absolute atomic E-state index is 12.2. The second-order valence-electron chi connectivity index (χ2n) is 5.67. The highest BCUT2D eigenvalue weighted by Crippen LogP contribution is 2.22. The monoisotopic (exact) mass is 437 g/mol. The minimum absolute atomic E-state index is 0.148. The van der Waals surface area contributed by atoms with Crippen LogP contribution in [0.2, 0.25) is 5.02 Å². The molecule has 0 saturated carbocycles. The van der Waals surface area contributed by atoms with Gasteiger partial charge in [-0.1, -0.05) is 53.8 Å². The molecule has 11 heteroatoms. The van der Waals surface area contributed by atoms with Crippen molar-refractivity contribution in [3.8, 4) is 0 Å². The number of carbonyl (C=O) groups is 1. The van der Waals surface area contributed by atoms with Crippen LogP contribution in [0.5, 0.6) is 0 Å². The number of anilines is 2. The molecule has 0 atom stereocenters. The molecule has 3 aromatic rings. The molecule has 148 valence electrons. The van der Waals surface area contributed by atoms with Crippen LogP contribution < -0.4 is 10.6 Å². The Bertz CT molecular complexity index is 943. The van der Waals surface area contributed by atoms with Crippen molar-refractivity contribution >= 4 is 51.4 Å². The number of nitrogens with zero attached hydrogens (tertiary/aromatic N) is 5. The summed E-state index contributed by atoms with van der Waals surface area (Å²) in [5.74, 6) is 0.851. The minimum atomic E-state index is -0.148. The van der Waals surface area contributed by atoms with Crippen molar-refractivity contribution in [2.24, 2.45) is 0 Å². The summed E-state index contributed by atoms with van der Waals surface area (Å²) in [5, 5.41) is 25.2. The lowest BCUT2D eigenvalue weighted by Gasteiger charge is -2.10. The molecule has 0 spiro atoms. The lowest BCUT2D eigenvalue weighted by Crippen LogP contribution is -2.15. The van der Waals surface area contributed by atoms with E-state index in [1.54, 1.807) is 0 Å². The first-order chi connectivity index (χ1) is 13.6.